The third kappa shape index (κ3) is 6.01. The molecule has 0 fully saturated rings. The van der Waals surface area contributed by atoms with Crippen LogP contribution >= 0.6 is 0 Å². The fourth-order valence-electron chi connectivity index (χ4n) is 2.71. The highest BCUT2D eigenvalue weighted by Gasteiger charge is 2.30. The molecule has 0 aromatic heterocycles. The lowest BCUT2D eigenvalue weighted by molar-refractivity contribution is -0.137. The maximum absolute atomic E-state index is 12.8. The first kappa shape index (κ1) is 22.8. The van der Waals surface area contributed by atoms with E-state index >= 15 is 0 Å². The number of alkyl halides is 3. The predicted octanol–water partition coefficient (Wildman–Crippen LogP) is 5.11. The number of halogens is 3. The minimum absolute atomic E-state index is 0.0543. The van der Waals surface area contributed by atoms with Gasteiger partial charge in [-0.25, -0.2) is 0 Å². The van der Waals surface area contributed by atoms with E-state index in [4.69, 9.17) is 4.74 Å². The molecule has 8 heteroatoms. The van der Waals surface area contributed by atoms with Crippen LogP contribution in [0.1, 0.15) is 36.6 Å². The van der Waals surface area contributed by atoms with Gasteiger partial charge in [0.05, 0.1) is 18.2 Å². The molecule has 1 unspecified atom stereocenters. The van der Waals surface area contributed by atoms with E-state index in [1.165, 1.54) is 18.3 Å². The number of hydrogen-bond donors (Lipinski definition) is 2. The van der Waals surface area contributed by atoms with E-state index in [2.05, 4.69) is 10.6 Å². The van der Waals surface area contributed by atoms with Crippen molar-refractivity contribution in [1.82, 2.24) is 5.32 Å². The van der Waals surface area contributed by atoms with Crippen molar-refractivity contribution in [2.24, 2.45) is 0 Å². The average molecular weight is 417 g/mol. The molecule has 2 N–H and O–H groups in total. The SMILES string of the molecule is CCOc1ccc(C)cc1C(C)N/C=C(/C#N)C(=O)Nc1cccc(C(F)(F)F)c1. The molecule has 5 nitrogen and oxygen atoms in total. The van der Waals surface area contributed by atoms with Gasteiger partial charge in [0.1, 0.15) is 17.4 Å². The Morgan fingerprint density at radius 1 is 1.27 bits per heavy atom. The number of nitrogens with one attached hydrogen (secondary N) is 2. The van der Waals surface area contributed by atoms with Gasteiger partial charge in [0.15, 0.2) is 0 Å². The Kier molecular flexibility index (Phi) is 7.48. The van der Waals surface area contributed by atoms with Gasteiger partial charge >= 0.3 is 6.18 Å². The number of carbonyl (C=O) groups is 1. The molecule has 0 heterocycles. The van der Waals surface area contributed by atoms with Crippen LogP contribution in [0.15, 0.2) is 54.2 Å². The summed E-state index contributed by atoms with van der Waals surface area (Å²) < 4.78 is 44.1. The highest BCUT2D eigenvalue weighted by Crippen LogP contribution is 2.31. The quantitative estimate of drug-likeness (QED) is 0.485. The summed E-state index contributed by atoms with van der Waals surface area (Å²) in [6.07, 6.45) is -3.29. The van der Waals surface area contributed by atoms with Crippen molar-refractivity contribution in [3.8, 4) is 11.8 Å². The highest BCUT2D eigenvalue weighted by atomic mass is 19.4. The molecule has 0 bridgehead atoms. The summed E-state index contributed by atoms with van der Waals surface area (Å²) >= 11 is 0. The molecular weight excluding hydrogens is 395 g/mol. The Hall–Kier alpha value is -3.47. The fraction of sp³-hybridized carbons (Fsp3) is 0.273. The second-order valence-corrected chi connectivity index (χ2v) is 6.57. The summed E-state index contributed by atoms with van der Waals surface area (Å²) in [6.45, 7) is 6.13. The minimum atomic E-state index is -4.53. The Morgan fingerprint density at radius 2 is 2.00 bits per heavy atom. The van der Waals surface area contributed by atoms with Crippen LogP contribution in [0.2, 0.25) is 0 Å². The van der Waals surface area contributed by atoms with Gasteiger partial charge in [0, 0.05) is 17.5 Å². The zero-order valence-corrected chi connectivity index (χ0v) is 16.8. The van der Waals surface area contributed by atoms with Crippen LogP contribution < -0.4 is 15.4 Å². The molecule has 0 spiro atoms. The van der Waals surface area contributed by atoms with Gasteiger partial charge < -0.3 is 15.4 Å². The average Bonchev–Trinajstić information content (AvgIpc) is 2.69. The minimum Gasteiger partial charge on any atom is -0.494 e. The Bertz CT molecular complexity index is 978. The molecule has 0 aliphatic carbocycles. The Labute approximate surface area is 173 Å². The van der Waals surface area contributed by atoms with E-state index in [1.807, 2.05) is 39.0 Å². The van der Waals surface area contributed by atoms with Crippen molar-refractivity contribution in [3.05, 3.63) is 70.9 Å². The maximum Gasteiger partial charge on any atom is 0.416 e. The Morgan fingerprint density at radius 3 is 2.63 bits per heavy atom. The number of nitriles is 1. The second-order valence-electron chi connectivity index (χ2n) is 6.57. The largest absolute Gasteiger partial charge is 0.494 e. The maximum atomic E-state index is 12.8. The molecule has 0 radical (unpaired) electrons. The van der Waals surface area contributed by atoms with Gasteiger partial charge in [-0.3, -0.25) is 4.79 Å². The van der Waals surface area contributed by atoms with E-state index in [0.717, 1.165) is 23.3 Å². The first-order valence-electron chi connectivity index (χ1n) is 9.24. The highest BCUT2D eigenvalue weighted by molar-refractivity contribution is 6.06. The molecular formula is C22H22F3N3O2. The summed E-state index contributed by atoms with van der Waals surface area (Å²) in [6, 6.07) is 11.4. The summed E-state index contributed by atoms with van der Waals surface area (Å²) in [5.41, 5.74) is 0.654. The number of ether oxygens (including phenoxy) is 1. The first-order valence-corrected chi connectivity index (χ1v) is 9.24. The molecule has 0 aliphatic heterocycles. The molecule has 1 amide bonds. The van der Waals surface area contributed by atoms with Crippen molar-refractivity contribution in [2.75, 3.05) is 11.9 Å². The monoisotopic (exact) mass is 417 g/mol. The van der Waals surface area contributed by atoms with Crippen molar-refractivity contribution in [1.29, 1.82) is 5.26 Å². The van der Waals surface area contributed by atoms with Gasteiger partial charge in [-0.1, -0.05) is 23.8 Å². The van der Waals surface area contributed by atoms with E-state index in [1.54, 1.807) is 6.07 Å². The summed E-state index contributed by atoms with van der Waals surface area (Å²) in [7, 11) is 0. The molecule has 1 atom stereocenters. The molecule has 0 saturated carbocycles. The van der Waals surface area contributed by atoms with E-state index in [9.17, 15) is 23.2 Å². The summed E-state index contributed by atoms with van der Waals surface area (Å²) in [4.78, 5) is 12.3. The number of hydrogen-bond acceptors (Lipinski definition) is 4. The molecule has 0 saturated heterocycles. The molecule has 2 rings (SSSR count). The van der Waals surface area contributed by atoms with Crippen LogP contribution in [0.3, 0.4) is 0 Å². The number of carbonyl (C=O) groups excluding carboxylic acids is 1. The molecule has 2 aromatic rings. The van der Waals surface area contributed by atoms with Gasteiger partial charge in [0.2, 0.25) is 0 Å². The third-order valence-electron chi connectivity index (χ3n) is 4.22. The van der Waals surface area contributed by atoms with Gasteiger partial charge in [0.25, 0.3) is 5.91 Å². The zero-order chi connectivity index (χ0) is 22.3. The zero-order valence-electron chi connectivity index (χ0n) is 16.8. The van der Waals surface area contributed by atoms with Gasteiger partial charge in [-0.2, -0.15) is 18.4 Å². The number of aryl methyl sites for hydroxylation is 1. The van der Waals surface area contributed by atoms with Crippen LogP contribution in [0.4, 0.5) is 18.9 Å². The Balaban J connectivity index is 2.15. The number of nitrogens with zero attached hydrogens (tertiary/aromatic N) is 1. The fourth-order valence-corrected chi connectivity index (χ4v) is 2.71. The van der Waals surface area contributed by atoms with E-state index < -0.39 is 17.6 Å². The van der Waals surface area contributed by atoms with Gasteiger partial charge in [-0.05, 0) is 45.0 Å². The number of rotatable bonds is 7. The van der Waals surface area contributed by atoms with E-state index in [0.29, 0.717) is 12.4 Å². The lowest BCUT2D eigenvalue weighted by atomic mass is 10.0. The number of anilines is 1. The number of amides is 1. The van der Waals surface area contributed by atoms with Crippen molar-refractivity contribution >= 4 is 11.6 Å². The van der Waals surface area contributed by atoms with Crippen molar-refractivity contribution in [3.63, 3.8) is 0 Å². The van der Waals surface area contributed by atoms with Crippen LogP contribution in [0.5, 0.6) is 5.75 Å². The van der Waals surface area contributed by atoms with Crippen molar-refractivity contribution in [2.45, 2.75) is 33.0 Å². The molecule has 2 aromatic carbocycles. The summed E-state index contributed by atoms with van der Waals surface area (Å²) in [5, 5.41) is 14.6. The molecule has 0 aliphatic rings. The van der Waals surface area contributed by atoms with Gasteiger partial charge in [-0.15, -0.1) is 0 Å². The van der Waals surface area contributed by atoms with Crippen molar-refractivity contribution < 1.29 is 22.7 Å². The van der Waals surface area contributed by atoms with Crippen LogP contribution in [-0.4, -0.2) is 12.5 Å². The lowest BCUT2D eigenvalue weighted by Gasteiger charge is -2.18. The normalized spacial score (nSPS) is 12.6. The van der Waals surface area contributed by atoms with E-state index in [-0.39, 0.29) is 17.3 Å². The molecule has 30 heavy (non-hydrogen) atoms. The smallest absolute Gasteiger partial charge is 0.416 e. The predicted molar refractivity (Wildman–Crippen MR) is 108 cm³/mol. The number of benzene rings is 2. The van der Waals surface area contributed by atoms with Crippen LogP contribution in [0, 0.1) is 18.3 Å². The first-order chi connectivity index (χ1) is 14.2. The lowest BCUT2D eigenvalue weighted by Crippen LogP contribution is -2.19. The van der Waals surface area contributed by atoms with Crippen LogP contribution in [0.25, 0.3) is 0 Å². The third-order valence-corrected chi connectivity index (χ3v) is 4.22. The molecule has 158 valence electrons. The standard InChI is InChI=1S/C22H22F3N3O2/c1-4-30-20-9-8-14(2)10-19(20)15(3)27-13-16(12-26)21(29)28-18-7-5-6-17(11-18)22(23,24)25/h5-11,13,15,27H,4H2,1-3H3,(H,28,29)/b16-13-. The second kappa shape index (κ2) is 9.83. The summed E-state index contributed by atoms with van der Waals surface area (Å²) in [5.74, 6) is -0.130. The van der Waals surface area contributed by atoms with Crippen LogP contribution in [-0.2, 0) is 11.0 Å². The topological polar surface area (TPSA) is 74.1 Å².